The van der Waals surface area contributed by atoms with Crippen LogP contribution in [0.15, 0.2) is 96.5 Å². The molecule has 240 valence electrons. The predicted octanol–water partition coefficient (Wildman–Crippen LogP) is 8.55. The molecule has 4 aromatic carbocycles. The number of ether oxygens (including phenoxy) is 2. The van der Waals surface area contributed by atoms with Crippen LogP contribution in [0.1, 0.15) is 50.5 Å². The Morgan fingerprint density at radius 2 is 1.73 bits per heavy atom. The number of hydrogen-bond acceptors (Lipinski definition) is 6. The molecule has 8 nitrogen and oxygen atoms in total. The van der Waals surface area contributed by atoms with E-state index in [0.717, 1.165) is 38.0 Å². The molecule has 0 radical (unpaired) electrons. The number of carbonyl (C=O) groups is 3. The van der Waals surface area contributed by atoms with Crippen molar-refractivity contribution in [2.24, 2.45) is 5.92 Å². The predicted molar refractivity (Wildman–Crippen MR) is 190 cm³/mol. The second-order valence-electron chi connectivity index (χ2n) is 12.1. The van der Waals surface area contributed by atoms with Gasteiger partial charge < -0.3 is 25.1 Å². The number of rotatable bonds is 8. The van der Waals surface area contributed by atoms with E-state index in [2.05, 4.69) is 15.6 Å². The van der Waals surface area contributed by atoms with Crippen LogP contribution >= 0.6 is 11.3 Å². The van der Waals surface area contributed by atoms with Gasteiger partial charge >= 0.3 is 5.97 Å². The van der Waals surface area contributed by atoms with Gasteiger partial charge in [0.05, 0.1) is 12.7 Å². The quantitative estimate of drug-likeness (QED) is 0.142. The zero-order valence-electron chi connectivity index (χ0n) is 26.7. The molecule has 7 rings (SSSR count). The summed E-state index contributed by atoms with van der Waals surface area (Å²) >= 11 is 1.59. The third-order valence-corrected chi connectivity index (χ3v) is 9.42. The number of fused-ring (bicyclic) bond motifs is 4. The first kappa shape index (κ1) is 31.0. The van der Waals surface area contributed by atoms with Crippen LogP contribution in [-0.4, -0.2) is 36.4 Å². The van der Waals surface area contributed by atoms with Crippen molar-refractivity contribution in [3.8, 4) is 38.4 Å². The van der Waals surface area contributed by atoms with Gasteiger partial charge in [-0.05, 0) is 76.5 Å². The molecule has 2 aromatic heterocycles. The molecule has 6 aromatic rings. The highest BCUT2D eigenvalue weighted by atomic mass is 32.1. The maximum absolute atomic E-state index is 14.5. The summed E-state index contributed by atoms with van der Waals surface area (Å²) in [5.41, 5.74) is 7.02. The third-order valence-electron chi connectivity index (χ3n) is 8.43. The second-order valence-corrected chi connectivity index (χ2v) is 13.0. The number of aromatic amines is 1. The van der Waals surface area contributed by atoms with Crippen molar-refractivity contribution in [3.05, 3.63) is 119 Å². The van der Waals surface area contributed by atoms with Gasteiger partial charge in [0, 0.05) is 62.0 Å². The van der Waals surface area contributed by atoms with Crippen LogP contribution in [0.5, 0.6) is 5.75 Å². The fourth-order valence-corrected chi connectivity index (χ4v) is 7.00. The minimum Gasteiger partial charge on any atom is -0.488 e. The Hall–Kier alpha value is -5.67. The molecule has 3 N–H and O–H groups in total. The molecule has 9 heteroatoms. The lowest BCUT2D eigenvalue weighted by atomic mass is 9.90. The van der Waals surface area contributed by atoms with Crippen molar-refractivity contribution < 1.29 is 23.9 Å². The SMILES string of the molecule is COC(=O)c1cc(C(=O)NCC(C)C)ccc1-c1cc2c(cc1C(=O)Nc1ccc3[nH]ccc3c1-c1ccccc1)-c1sccc1CO2. The standard InChI is InChI=1S/C39H33N3O5S/c1-22(2)20-41-37(43)24-9-10-26(30(17-24)39(45)46-3)28-19-34-31(36-25(21-47-34)14-16-48-36)18-29(28)38(44)42-33-12-11-32-27(13-15-40-32)35(33)23-7-5-4-6-8-23/h4-19,22,40H,20-21H2,1-3H3,(H,41,43)(H,42,44). The summed E-state index contributed by atoms with van der Waals surface area (Å²) in [6, 6.07) is 26.3. The molecule has 2 amide bonds. The molecule has 48 heavy (non-hydrogen) atoms. The van der Waals surface area contributed by atoms with Crippen LogP contribution in [0.3, 0.4) is 0 Å². The minimum absolute atomic E-state index is 0.162. The molecule has 0 atom stereocenters. The average Bonchev–Trinajstić information content (AvgIpc) is 3.80. The van der Waals surface area contributed by atoms with E-state index in [-0.39, 0.29) is 23.3 Å². The Morgan fingerprint density at radius 3 is 2.52 bits per heavy atom. The van der Waals surface area contributed by atoms with Gasteiger partial charge in [0.2, 0.25) is 0 Å². The molecule has 3 heterocycles. The van der Waals surface area contributed by atoms with E-state index in [0.29, 0.717) is 46.8 Å². The number of aromatic nitrogens is 1. The molecule has 0 fully saturated rings. The fraction of sp³-hybridized carbons (Fsp3) is 0.154. The summed E-state index contributed by atoms with van der Waals surface area (Å²) in [5.74, 6) is -0.429. The molecule has 1 aliphatic heterocycles. The summed E-state index contributed by atoms with van der Waals surface area (Å²) in [6.45, 7) is 4.90. The van der Waals surface area contributed by atoms with Crippen molar-refractivity contribution in [3.63, 3.8) is 0 Å². The molecule has 0 unspecified atom stereocenters. The normalized spacial score (nSPS) is 11.8. The van der Waals surface area contributed by atoms with Crippen LogP contribution in [0.4, 0.5) is 5.69 Å². The van der Waals surface area contributed by atoms with E-state index in [1.807, 2.05) is 86.1 Å². The van der Waals surface area contributed by atoms with Gasteiger partial charge in [0.15, 0.2) is 0 Å². The number of methoxy groups -OCH3 is 1. The second kappa shape index (κ2) is 12.8. The van der Waals surface area contributed by atoms with Gasteiger partial charge in [0.25, 0.3) is 11.8 Å². The Kier molecular flexibility index (Phi) is 8.29. The lowest BCUT2D eigenvalue weighted by Gasteiger charge is -2.22. The van der Waals surface area contributed by atoms with Gasteiger partial charge in [-0.2, -0.15) is 0 Å². The Bertz CT molecular complexity index is 2200. The van der Waals surface area contributed by atoms with E-state index in [1.165, 1.54) is 13.2 Å². The van der Waals surface area contributed by atoms with E-state index in [9.17, 15) is 14.4 Å². The van der Waals surface area contributed by atoms with Crippen LogP contribution in [0.25, 0.3) is 43.6 Å². The minimum atomic E-state index is -0.627. The Labute approximate surface area is 281 Å². The molecule has 0 aliphatic carbocycles. The number of thiophene rings is 1. The van der Waals surface area contributed by atoms with Crippen molar-refractivity contribution in [2.45, 2.75) is 20.5 Å². The van der Waals surface area contributed by atoms with Crippen LogP contribution in [-0.2, 0) is 11.3 Å². The van der Waals surface area contributed by atoms with Crippen molar-refractivity contribution >= 4 is 45.7 Å². The maximum atomic E-state index is 14.5. The van der Waals surface area contributed by atoms with Crippen molar-refractivity contribution in [1.82, 2.24) is 10.3 Å². The monoisotopic (exact) mass is 655 g/mol. The van der Waals surface area contributed by atoms with E-state index in [1.54, 1.807) is 29.5 Å². The highest BCUT2D eigenvalue weighted by molar-refractivity contribution is 7.13. The van der Waals surface area contributed by atoms with Crippen LogP contribution in [0.2, 0.25) is 0 Å². The average molecular weight is 656 g/mol. The van der Waals surface area contributed by atoms with E-state index < -0.39 is 5.97 Å². The van der Waals surface area contributed by atoms with Gasteiger partial charge in [-0.3, -0.25) is 9.59 Å². The van der Waals surface area contributed by atoms with Crippen molar-refractivity contribution in [2.75, 3.05) is 19.0 Å². The topological polar surface area (TPSA) is 110 Å². The summed E-state index contributed by atoms with van der Waals surface area (Å²) in [7, 11) is 1.29. The highest BCUT2D eigenvalue weighted by Crippen LogP contribution is 2.45. The first-order valence-electron chi connectivity index (χ1n) is 15.7. The maximum Gasteiger partial charge on any atom is 0.338 e. The molecular formula is C39H33N3O5S. The zero-order valence-corrected chi connectivity index (χ0v) is 27.5. The summed E-state index contributed by atoms with van der Waals surface area (Å²) in [5, 5.41) is 9.07. The Balaban J connectivity index is 1.38. The van der Waals surface area contributed by atoms with Gasteiger partial charge in [-0.15, -0.1) is 11.3 Å². The molecule has 0 spiro atoms. The highest BCUT2D eigenvalue weighted by Gasteiger charge is 2.27. The molecule has 1 aliphatic rings. The molecule has 0 saturated carbocycles. The Morgan fingerprint density at radius 1 is 0.896 bits per heavy atom. The first-order valence-corrected chi connectivity index (χ1v) is 16.6. The lowest BCUT2D eigenvalue weighted by molar-refractivity contribution is 0.0601. The largest absolute Gasteiger partial charge is 0.488 e. The van der Waals surface area contributed by atoms with Crippen molar-refractivity contribution in [1.29, 1.82) is 0 Å². The number of hydrogen-bond donors (Lipinski definition) is 3. The van der Waals surface area contributed by atoms with E-state index >= 15 is 0 Å². The summed E-state index contributed by atoms with van der Waals surface area (Å²) < 4.78 is 11.3. The lowest BCUT2D eigenvalue weighted by Crippen LogP contribution is -2.27. The van der Waals surface area contributed by atoms with Crippen LogP contribution < -0.4 is 15.4 Å². The molecule has 0 bridgehead atoms. The molecular weight excluding hydrogens is 623 g/mol. The summed E-state index contributed by atoms with van der Waals surface area (Å²) in [6.07, 6.45) is 1.88. The fourth-order valence-electron chi connectivity index (χ4n) is 6.07. The third kappa shape index (κ3) is 5.73. The first-order chi connectivity index (χ1) is 23.3. The summed E-state index contributed by atoms with van der Waals surface area (Å²) in [4.78, 5) is 45.1. The number of benzene rings is 4. The number of nitrogens with one attached hydrogen (secondary N) is 3. The number of H-pyrrole nitrogens is 1. The number of esters is 1. The number of carbonyl (C=O) groups excluding carboxylic acids is 3. The smallest absolute Gasteiger partial charge is 0.338 e. The van der Waals surface area contributed by atoms with E-state index in [4.69, 9.17) is 9.47 Å². The van der Waals surface area contributed by atoms with Gasteiger partial charge in [-0.25, -0.2) is 4.79 Å². The van der Waals surface area contributed by atoms with Gasteiger partial charge in [0.1, 0.15) is 12.4 Å². The number of anilines is 1. The van der Waals surface area contributed by atoms with Crippen LogP contribution in [0, 0.1) is 5.92 Å². The zero-order chi connectivity index (χ0) is 33.4. The van der Waals surface area contributed by atoms with Gasteiger partial charge in [-0.1, -0.05) is 50.2 Å². The number of amides is 2. The molecule has 0 saturated heterocycles.